The summed E-state index contributed by atoms with van der Waals surface area (Å²) in [5.74, 6) is 0.439. The van der Waals surface area contributed by atoms with Gasteiger partial charge in [-0.2, -0.15) is 4.57 Å². The molecule has 0 amide bonds. The van der Waals surface area contributed by atoms with Crippen molar-refractivity contribution in [2.75, 3.05) is 12.9 Å². The van der Waals surface area contributed by atoms with Gasteiger partial charge in [0.15, 0.2) is 6.54 Å². The van der Waals surface area contributed by atoms with Crippen molar-refractivity contribution >= 4 is 81.2 Å². The van der Waals surface area contributed by atoms with Crippen LogP contribution < -0.4 is 9.30 Å². The van der Waals surface area contributed by atoms with Crippen LogP contribution >= 0.6 is 38.6 Å². The molecule has 0 fully saturated rings. The average molecular weight is 524 g/mol. The van der Waals surface area contributed by atoms with E-state index in [2.05, 4.69) is 20.5 Å². The highest BCUT2D eigenvalue weighted by Gasteiger charge is 2.24. The molecule has 0 saturated heterocycles. The second-order valence-electron chi connectivity index (χ2n) is 6.68. The number of halogens is 1. The van der Waals surface area contributed by atoms with Gasteiger partial charge in [0.1, 0.15) is 15.1 Å². The van der Waals surface area contributed by atoms with E-state index in [9.17, 15) is 13.0 Å². The van der Waals surface area contributed by atoms with Gasteiger partial charge in [0.25, 0.3) is 5.01 Å². The van der Waals surface area contributed by atoms with Crippen molar-refractivity contribution in [2.45, 2.75) is 13.0 Å². The van der Waals surface area contributed by atoms with Gasteiger partial charge in [-0.25, -0.2) is 8.42 Å². The SMILES string of the molecule is COc1cc2sc(/C=C\c3ccc(Br)cc3)[n+](CCCS(=O)(=O)[O-])c2c2sccc12. The third kappa shape index (κ3) is 4.60. The third-order valence-electron chi connectivity index (χ3n) is 4.68. The summed E-state index contributed by atoms with van der Waals surface area (Å²) >= 11 is 6.69. The number of hydrogen-bond donors (Lipinski definition) is 0. The van der Waals surface area contributed by atoms with Crippen molar-refractivity contribution in [1.29, 1.82) is 0 Å². The van der Waals surface area contributed by atoms with Crippen LogP contribution in [-0.4, -0.2) is 25.8 Å². The lowest BCUT2D eigenvalue weighted by Crippen LogP contribution is -2.36. The Bertz CT molecular complexity index is 1340. The van der Waals surface area contributed by atoms with Crippen LogP contribution in [0.5, 0.6) is 5.75 Å². The summed E-state index contributed by atoms with van der Waals surface area (Å²) in [4.78, 5) is 0. The maximum absolute atomic E-state index is 11.1. The summed E-state index contributed by atoms with van der Waals surface area (Å²) in [5, 5.41) is 4.04. The summed E-state index contributed by atoms with van der Waals surface area (Å²) in [6.45, 7) is 0.445. The number of ether oxygens (including phenoxy) is 1. The minimum atomic E-state index is -4.24. The fourth-order valence-corrected chi connectivity index (χ4v) is 6.24. The molecular weight excluding hydrogens is 506 g/mol. The van der Waals surface area contributed by atoms with Crippen molar-refractivity contribution in [3.05, 3.63) is 56.8 Å². The van der Waals surface area contributed by atoms with Gasteiger partial charge in [-0.1, -0.05) is 39.4 Å². The highest BCUT2D eigenvalue weighted by atomic mass is 79.9. The number of aromatic nitrogens is 1. The Hall–Kier alpha value is -1.78. The van der Waals surface area contributed by atoms with Crippen LogP contribution in [0.4, 0.5) is 0 Å². The Balaban J connectivity index is 1.82. The van der Waals surface area contributed by atoms with E-state index in [0.29, 0.717) is 6.54 Å². The van der Waals surface area contributed by atoms with Gasteiger partial charge in [-0.3, -0.25) is 0 Å². The first-order valence-electron chi connectivity index (χ1n) is 9.13. The molecule has 0 atom stereocenters. The average Bonchev–Trinajstić information content (AvgIpc) is 3.30. The second-order valence-corrected chi connectivity index (χ2v) is 11.1. The first-order valence-corrected chi connectivity index (χ1v) is 13.2. The lowest BCUT2D eigenvalue weighted by molar-refractivity contribution is -0.667. The number of thiophene rings is 1. The summed E-state index contributed by atoms with van der Waals surface area (Å²) in [7, 11) is -2.58. The lowest BCUT2D eigenvalue weighted by Gasteiger charge is -2.05. The predicted molar refractivity (Wildman–Crippen MR) is 126 cm³/mol. The van der Waals surface area contributed by atoms with Crippen molar-refractivity contribution in [3.63, 3.8) is 0 Å². The van der Waals surface area contributed by atoms with Gasteiger partial charge in [0.05, 0.1) is 17.2 Å². The van der Waals surface area contributed by atoms with Crippen LogP contribution in [0.25, 0.3) is 32.5 Å². The molecule has 0 aliphatic carbocycles. The van der Waals surface area contributed by atoms with Gasteiger partial charge in [-0.15, -0.1) is 11.3 Å². The Morgan fingerprint density at radius 2 is 1.97 bits per heavy atom. The highest BCUT2D eigenvalue weighted by molar-refractivity contribution is 9.10. The predicted octanol–water partition coefficient (Wildman–Crippen LogP) is 5.28. The molecule has 5 nitrogen and oxygen atoms in total. The van der Waals surface area contributed by atoms with E-state index < -0.39 is 10.1 Å². The molecule has 2 heterocycles. The zero-order chi connectivity index (χ0) is 21.3. The smallest absolute Gasteiger partial charge is 0.262 e. The maximum Gasteiger partial charge on any atom is 0.262 e. The molecule has 0 aliphatic rings. The van der Waals surface area contributed by atoms with E-state index in [-0.39, 0.29) is 12.2 Å². The van der Waals surface area contributed by atoms with E-state index in [4.69, 9.17) is 4.74 Å². The molecule has 0 N–H and O–H groups in total. The number of thiazole rings is 1. The molecule has 0 radical (unpaired) electrons. The topological polar surface area (TPSA) is 70.3 Å². The first-order chi connectivity index (χ1) is 14.4. The number of benzene rings is 2. The summed E-state index contributed by atoms with van der Waals surface area (Å²) in [6, 6.07) is 12.0. The van der Waals surface area contributed by atoms with Gasteiger partial charge in [0.2, 0.25) is 5.52 Å². The minimum Gasteiger partial charge on any atom is -0.748 e. The standard InChI is InChI=1S/C21H18BrNO4S3/c1-27-17-13-18-20(21-16(17)9-11-28-21)23(10-2-12-30(24,25)26)19(29-18)8-5-14-3-6-15(22)7-4-14/h3-9,11,13H,2,10,12H2,1H3/b8-5-. The van der Waals surface area contributed by atoms with Crippen molar-refractivity contribution < 1.29 is 22.3 Å². The van der Waals surface area contributed by atoms with Crippen LogP contribution in [-0.2, 0) is 16.7 Å². The van der Waals surface area contributed by atoms with Crippen LogP contribution in [0.1, 0.15) is 17.0 Å². The Morgan fingerprint density at radius 1 is 1.20 bits per heavy atom. The van der Waals surface area contributed by atoms with E-state index >= 15 is 0 Å². The molecule has 4 rings (SSSR count). The Morgan fingerprint density at radius 3 is 2.67 bits per heavy atom. The van der Waals surface area contributed by atoms with Crippen LogP contribution in [0.15, 0.2) is 46.3 Å². The largest absolute Gasteiger partial charge is 0.748 e. The number of hydrogen-bond acceptors (Lipinski definition) is 6. The van der Waals surface area contributed by atoms with Gasteiger partial charge < -0.3 is 9.29 Å². The van der Waals surface area contributed by atoms with E-state index in [1.54, 1.807) is 29.8 Å². The highest BCUT2D eigenvalue weighted by Crippen LogP contribution is 2.38. The van der Waals surface area contributed by atoms with Crippen molar-refractivity contribution in [3.8, 4) is 5.75 Å². The third-order valence-corrected chi connectivity index (χ3v) is 8.01. The fourth-order valence-electron chi connectivity index (χ4n) is 3.33. The molecule has 0 spiro atoms. The van der Waals surface area contributed by atoms with Crippen molar-refractivity contribution in [2.24, 2.45) is 0 Å². The first kappa shape index (κ1) is 21.5. The van der Waals surface area contributed by atoms with E-state index in [0.717, 1.165) is 41.1 Å². The number of rotatable bonds is 7. The number of fused-ring (bicyclic) bond motifs is 3. The molecule has 156 valence electrons. The zero-order valence-corrected chi connectivity index (χ0v) is 20.0. The van der Waals surface area contributed by atoms with Crippen molar-refractivity contribution in [1.82, 2.24) is 0 Å². The molecule has 30 heavy (non-hydrogen) atoms. The van der Waals surface area contributed by atoms with Gasteiger partial charge in [0, 0.05) is 34.2 Å². The van der Waals surface area contributed by atoms with Gasteiger partial charge in [-0.05, 0) is 35.2 Å². The summed E-state index contributed by atoms with van der Waals surface area (Å²) < 4.78 is 44.2. The van der Waals surface area contributed by atoms with Gasteiger partial charge >= 0.3 is 0 Å². The van der Waals surface area contributed by atoms with Crippen LogP contribution in [0.3, 0.4) is 0 Å². The molecule has 0 aliphatic heterocycles. The maximum atomic E-state index is 11.1. The fraction of sp³-hybridized carbons (Fsp3) is 0.190. The number of methoxy groups -OCH3 is 1. The molecule has 0 bridgehead atoms. The summed E-state index contributed by atoms with van der Waals surface area (Å²) in [6.07, 6.45) is 4.33. The molecule has 2 aromatic carbocycles. The van der Waals surface area contributed by atoms with E-state index in [1.807, 2.05) is 53.9 Å². The lowest BCUT2D eigenvalue weighted by atomic mass is 10.2. The second kappa shape index (κ2) is 8.76. The molecular formula is C21H18BrNO4S3. The molecule has 0 saturated carbocycles. The molecule has 2 aromatic heterocycles. The quantitative estimate of drug-likeness (QED) is 0.244. The Kier molecular flexibility index (Phi) is 6.26. The zero-order valence-electron chi connectivity index (χ0n) is 16.0. The molecule has 4 aromatic rings. The van der Waals surface area contributed by atoms with Crippen LogP contribution in [0.2, 0.25) is 0 Å². The molecule has 0 unspecified atom stereocenters. The van der Waals surface area contributed by atoms with E-state index in [1.165, 1.54) is 0 Å². The number of nitrogens with zero attached hydrogens (tertiary/aromatic N) is 1. The number of aryl methyl sites for hydroxylation is 1. The Labute approximate surface area is 191 Å². The minimum absolute atomic E-state index is 0.264. The van der Waals surface area contributed by atoms with Crippen LogP contribution in [0, 0.1) is 0 Å². The normalized spacial score (nSPS) is 12.4. The monoisotopic (exact) mass is 523 g/mol. The summed E-state index contributed by atoms with van der Waals surface area (Å²) in [5.41, 5.74) is 2.10. The molecule has 9 heteroatoms.